The highest BCUT2D eigenvalue weighted by atomic mass is 31.2. The molecule has 0 aliphatic carbocycles. The molecule has 0 heterocycles. The van der Waals surface area contributed by atoms with E-state index in [0.29, 0.717) is 6.42 Å². The molecular weight excluding hydrogens is 639 g/mol. The summed E-state index contributed by atoms with van der Waals surface area (Å²) in [6, 6.07) is 0. The lowest BCUT2D eigenvalue weighted by molar-refractivity contribution is -0.161. The summed E-state index contributed by atoms with van der Waals surface area (Å²) >= 11 is 0. The lowest BCUT2D eigenvalue weighted by Crippen LogP contribution is -2.29. The Labute approximate surface area is 302 Å². The lowest BCUT2D eigenvalue weighted by Gasteiger charge is -2.18. The summed E-state index contributed by atoms with van der Waals surface area (Å²) in [6.45, 7) is 3.71. The highest BCUT2D eigenvalue weighted by molar-refractivity contribution is 7.46. The van der Waals surface area contributed by atoms with Crippen LogP contribution in [0.3, 0.4) is 0 Å². The molecule has 49 heavy (non-hydrogen) atoms. The van der Waals surface area contributed by atoms with Crippen LogP contribution in [-0.4, -0.2) is 41.0 Å². The molecule has 292 valence electrons. The molecule has 0 amide bonds. The second-order valence-electron chi connectivity index (χ2n) is 14.3. The first kappa shape index (κ1) is 48.0. The normalized spacial score (nSPS) is 12.3. The zero-order valence-electron chi connectivity index (χ0n) is 32.1. The monoisotopic (exact) mass is 719 g/mol. The Hall–Kier alpha value is -0.950. The van der Waals surface area contributed by atoms with Gasteiger partial charge in [0, 0.05) is 12.8 Å². The number of phosphoric ester groups is 1. The van der Waals surface area contributed by atoms with E-state index in [-0.39, 0.29) is 19.4 Å². The van der Waals surface area contributed by atoms with E-state index in [2.05, 4.69) is 18.4 Å². The molecule has 0 aromatic heterocycles. The third-order valence-electron chi connectivity index (χ3n) is 9.38. The SMILES string of the molecule is CCCCCCCCCCCCCCCCCCCCC(=O)O[C@H](COC(=O)CCCCCCCCCCCCCCC)COP(=O)(O)O. The Kier molecular flexibility index (Phi) is 36.1. The van der Waals surface area contributed by atoms with Crippen LogP contribution in [0, 0.1) is 0 Å². The summed E-state index contributed by atoms with van der Waals surface area (Å²) in [5.74, 6) is -0.868. The van der Waals surface area contributed by atoms with Crippen LogP contribution in [0.2, 0.25) is 0 Å². The summed E-state index contributed by atoms with van der Waals surface area (Å²) < 4.78 is 26.4. The van der Waals surface area contributed by atoms with Gasteiger partial charge in [0.25, 0.3) is 0 Å². The van der Waals surface area contributed by atoms with Crippen molar-refractivity contribution in [3.8, 4) is 0 Å². The van der Waals surface area contributed by atoms with Crippen LogP contribution >= 0.6 is 7.82 Å². The average Bonchev–Trinajstić information content (AvgIpc) is 3.07. The fourth-order valence-corrected chi connectivity index (χ4v) is 6.62. The minimum atomic E-state index is -4.74. The molecule has 0 radical (unpaired) electrons. The van der Waals surface area contributed by atoms with E-state index in [1.165, 1.54) is 161 Å². The number of ether oxygens (including phenoxy) is 2. The van der Waals surface area contributed by atoms with Crippen LogP contribution in [-0.2, 0) is 28.2 Å². The number of hydrogen-bond donors (Lipinski definition) is 2. The number of hydrogen-bond acceptors (Lipinski definition) is 6. The number of rotatable bonds is 39. The van der Waals surface area contributed by atoms with Gasteiger partial charge in [0.05, 0.1) is 6.61 Å². The minimum Gasteiger partial charge on any atom is -0.462 e. The van der Waals surface area contributed by atoms with Gasteiger partial charge in [-0.05, 0) is 12.8 Å². The van der Waals surface area contributed by atoms with E-state index in [9.17, 15) is 14.2 Å². The Morgan fingerprint density at radius 3 is 1.04 bits per heavy atom. The van der Waals surface area contributed by atoms with Gasteiger partial charge in [0.2, 0.25) is 0 Å². The van der Waals surface area contributed by atoms with Gasteiger partial charge in [-0.15, -0.1) is 0 Å². The second-order valence-corrected chi connectivity index (χ2v) is 15.6. The quantitative estimate of drug-likeness (QED) is 0.0366. The lowest BCUT2D eigenvalue weighted by atomic mass is 10.0. The van der Waals surface area contributed by atoms with Crippen LogP contribution in [0.15, 0.2) is 0 Å². The van der Waals surface area contributed by atoms with E-state index in [0.717, 1.165) is 32.1 Å². The molecule has 0 aliphatic rings. The number of carbonyl (C=O) groups excluding carboxylic acids is 2. The zero-order chi connectivity index (χ0) is 36.1. The van der Waals surface area contributed by atoms with Crippen molar-refractivity contribution < 1.29 is 37.9 Å². The highest BCUT2D eigenvalue weighted by Crippen LogP contribution is 2.36. The smallest absolute Gasteiger partial charge is 0.462 e. The summed E-state index contributed by atoms with van der Waals surface area (Å²) in [4.78, 5) is 42.8. The predicted octanol–water partition coefficient (Wildman–Crippen LogP) is 12.5. The molecule has 0 aromatic rings. The predicted molar refractivity (Wildman–Crippen MR) is 203 cm³/mol. The summed E-state index contributed by atoms with van der Waals surface area (Å²) in [7, 11) is -4.74. The maximum atomic E-state index is 12.4. The molecule has 8 nitrogen and oxygen atoms in total. The molecule has 0 aromatic carbocycles. The molecule has 0 saturated heterocycles. The molecular formula is C40H79O8P. The van der Waals surface area contributed by atoms with Crippen LogP contribution in [0.5, 0.6) is 0 Å². The van der Waals surface area contributed by atoms with Crippen molar-refractivity contribution in [2.75, 3.05) is 13.2 Å². The van der Waals surface area contributed by atoms with Crippen molar-refractivity contribution in [1.29, 1.82) is 0 Å². The molecule has 0 unspecified atom stereocenters. The van der Waals surface area contributed by atoms with Gasteiger partial charge in [-0.2, -0.15) is 0 Å². The van der Waals surface area contributed by atoms with Crippen molar-refractivity contribution in [3.63, 3.8) is 0 Å². The number of carbonyl (C=O) groups is 2. The Bertz CT molecular complexity index is 771. The van der Waals surface area contributed by atoms with E-state index in [4.69, 9.17) is 19.3 Å². The first-order valence-corrected chi connectivity index (χ1v) is 22.4. The Morgan fingerprint density at radius 2 is 0.735 bits per heavy atom. The van der Waals surface area contributed by atoms with Crippen molar-refractivity contribution in [3.05, 3.63) is 0 Å². The van der Waals surface area contributed by atoms with E-state index >= 15 is 0 Å². The highest BCUT2D eigenvalue weighted by Gasteiger charge is 2.22. The van der Waals surface area contributed by atoms with Gasteiger partial charge in [0.1, 0.15) is 6.61 Å². The van der Waals surface area contributed by atoms with Gasteiger partial charge in [0.15, 0.2) is 6.10 Å². The maximum Gasteiger partial charge on any atom is 0.469 e. The summed E-state index contributed by atoms with van der Waals surface area (Å²) in [5.41, 5.74) is 0. The Balaban J connectivity index is 3.85. The van der Waals surface area contributed by atoms with Gasteiger partial charge < -0.3 is 19.3 Å². The molecule has 0 fully saturated rings. The molecule has 2 N–H and O–H groups in total. The van der Waals surface area contributed by atoms with Crippen molar-refractivity contribution in [1.82, 2.24) is 0 Å². The number of esters is 2. The van der Waals surface area contributed by atoms with E-state index in [1.807, 2.05) is 0 Å². The molecule has 0 aliphatic heterocycles. The standard InChI is InChI=1S/C40H79O8P/c1-3-5-7-9-11-13-15-17-18-19-20-21-23-25-27-29-31-33-35-40(42)48-38(37-47-49(43,44)45)36-46-39(41)34-32-30-28-26-24-22-16-14-12-10-8-6-4-2/h38H,3-37H2,1-2H3,(H2,43,44,45)/t38-/m1/s1. The third kappa shape index (κ3) is 39.7. The number of unbranched alkanes of at least 4 members (excludes halogenated alkanes) is 29. The molecule has 9 heteroatoms. The first-order valence-electron chi connectivity index (χ1n) is 20.8. The molecule has 0 bridgehead atoms. The molecule has 0 saturated carbocycles. The minimum absolute atomic E-state index is 0.220. The van der Waals surface area contributed by atoms with Gasteiger partial charge in [-0.3, -0.25) is 14.1 Å². The van der Waals surface area contributed by atoms with Gasteiger partial charge in [-0.1, -0.05) is 200 Å². The third-order valence-corrected chi connectivity index (χ3v) is 9.86. The average molecular weight is 719 g/mol. The fourth-order valence-electron chi connectivity index (χ4n) is 6.26. The maximum absolute atomic E-state index is 12.4. The number of phosphoric acid groups is 1. The van der Waals surface area contributed by atoms with Gasteiger partial charge >= 0.3 is 19.8 Å². The molecule has 1 atom stereocenters. The van der Waals surface area contributed by atoms with Crippen molar-refractivity contribution in [2.45, 2.75) is 232 Å². The topological polar surface area (TPSA) is 119 Å². The summed E-state index contributed by atoms with van der Waals surface area (Å²) in [6.07, 6.45) is 38.2. The van der Waals surface area contributed by atoms with Crippen LogP contribution in [0.4, 0.5) is 0 Å². The van der Waals surface area contributed by atoms with Crippen molar-refractivity contribution >= 4 is 19.8 Å². The largest absolute Gasteiger partial charge is 0.469 e. The van der Waals surface area contributed by atoms with Crippen LogP contribution in [0.1, 0.15) is 226 Å². The van der Waals surface area contributed by atoms with E-state index < -0.39 is 32.5 Å². The van der Waals surface area contributed by atoms with Gasteiger partial charge in [-0.25, -0.2) is 4.57 Å². The summed E-state index contributed by atoms with van der Waals surface area (Å²) in [5, 5.41) is 0. The van der Waals surface area contributed by atoms with E-state index in [1.54, 1.807) is 0 Å². The molecule has 0 rings (SSSR count). The first-order chi connectivity index (χ1) is 23.8. The fraction of sp³-hybridized carbons (Fsp3) is 0.950. The zero-order valence-corrected chi connectivity index (χ0v) is 33.0. The second kappa shape index (κ2) is 36.8. The van der Waals surface area contributed by atoms with Crippen molar-refractivity contribution in [2.24, 2.45) is 0 Å². The van der Waals surface area contributed by atoms with Crippen LogP contribution < -0.4 is 0 Å². The Morgan fingerprint density at radius 1 is 0.449 bits per heavy atom. The molecule has 0 spiro atoms. The van der Waals surface area contributed by atoms with Crippen LogP contribution in [0.25, 0.3) is 0 Å².